The Morgan fingerprint density at radius 2 is 1.94 bits per heavy atom. The number of pyridine rings is 1. The van der Waals surface area contributed by atoms with Gasteiger partial charge in [0.2, 0.25) is 0 Å². The summed E-state index contributed by atoms with van der Waals surface area (Å²) in [5.41, 5.74) is 9.94. The van der Waals surface area contributed by atoms with Crippen LogP contribution < -0.4 is 16.4 Å². The number of benzene rings is 2. The molecule has 35 heavy (non-hydrogen) atoms. The minimum atomic E-state index is -0.689. The number of aryl methyl sites for hydroxylation is 1. The number of nitrogen functional groups attached to an aromatic ring is 1. The summed E-state index contributed by atoms with van der Waals surface area (Å²) in [7, 11) is 0. The standard InChI is InChI=1S/C25H22ClFN6O2/c1-14-11-30-18(12-29-14)13-31-25(35)19-4-6-22(33-24(19)28)20-9-17(3-7-23(20)34)32-21-5-2-16(26)8-15(21)10-27/h2-9,11-12,32,34H,10,13H2,1H3,(H2,28,33)(H,31,35). The number of rotatable bonds is 7. The van der Waals surface area contributed by atoms with E-state index >= 15 is 0 Å². The average molecular weight is 493 g/mol. The van der Waals surface area contributed by atoms with E-state index in [-0.39, 0.29) is 23.7 Å². The van der Waals surface area contributed by atoms with Gasteiger partial charge in [-0.2, -0.15) is 0 Å². The number of carbonyl (C=O) groups is 1. The Balaban J connectivity index is 1.53. The van der Waals surface area contributed by atoms with Gasteiger partial charge in [-0.3, -0.25) is 14.8 Å². The Labute approximate surface area is 206 Å². The molecule has 0 aliphatic heterocycles. The number of aromatic hydroxyl groups is 1. The summed E-state index contributed by atoms with van der Waals surface area (Å²) in [5, 5.41) is 16.7. The molecule has 8 nitrogen and oxygen atoms in total. The molecule has 0 radical (unpaired) electrons. The number of nitrogens with one attached hydrogen (secondary N) is 2. The van der Waals surface area contributed by atoms with Crippen LogP contribution in [0.25, 0.3) is 11.3 Å². The quantitative estimate of drug-likeness (QED) is 0.269. The Morgan fingerprint density at radius 1 is 1.11 bits per heavy atom. The lowest BCUT2D eigenvalue weighted by molar-refractivity contribution is 0.0951. The van der Waals surface area contributed by atoms with Crippen molar-refractivity contribution < 1.29 is 14.3 Å². The van der Waals surface area contributed by atoms with Crippen LogP contribution in [0.15, 0.2) is 60.9 Å². The number of alkyl halides is 1. The van der Waals surface area contributed by atoms with Crippen molar-refractivity contribution in [1.82, 2.24) is 20.3 Å². The molecular formula is C25H22ClFN6O2. The molecule has 178 valence electrons. The highest BCUT2D eigenvalue weighted by molar-refractivity contribution is 6.30. The SMILES string of the molecule is Cc1cnc(CNC(=O)c2ccc(-c3cc(Nc4ccc(Cl)cc4CF)ccc3O)nc2N)cn1. The molecule has 0 unspecified atom stereocenters. The lowest BCUT2D eigenvalue weighted by Gasteiger charge is -2.13. The largest absolute Gasteiger partial charge is 0.507 e. The maximum absolute atomic E-state index is 13.4. The Bertz CT molecular complexity index is 1380. The minimum Gasteiger partial charge on any atom is -0.507 e. The topological polar surface area (TPSA) is 126 Å². The van der Waals surface area contributed by atoms with Crippen LogP contribution in [-0.2, 0) is 13.2 Å². The summed E-state index contributed by atoms with van der Waals surface area (Å²) in [5.74, 6) is -0.436. The molecular weight excluding hydrogens is 471 g/mol. The molecule has 2 aromatic heterocycles. The van der Waals surface area contributed by atoms with Gasteiger partial charge in [0.05, 0.1) is 35.4 Å². The number of phenolic OH excluding ortho intramolecular Hbond substituents is 1. The van der Waals surface area contributed by atoms with E-state index in [4.69, 9.17) is 17.3 Å². The second-order valence-corrected chi connectivity index (χ2v) is 8.19. The van der Waals surface area contributed by atoms with Crippen molar-refractivity contribution in [1.29, 1.82) is 0 Å². The number of halogens is 2. The molecule has 5 N–H and O–H groups in total. The lowest BCUT2D eigenvalue weighted by Crippen LogP contribution is -2.24. The van der Waals surface area contributed by atoms with Crippen molar-refractivity contribution >= 4 is 34.7 Å². The summed E-state index contributed by atoms with van der Waals surface area (Å²) in [4.78, 5) is 25.2. The molecule has 4 rings (SSSR count). The third-order valence-electron chi connectivity index (χ3n) is 5.20. The molecule has 0 bridgehead atoms. The fourth-order valence-corrected chi connectivity index (χ4v) is 3.56. The molecule has 1 amide bonds. The molecule has 0 atom stereocenters. The van der Waals surface area contributed by atoms with Crippen LogP contribution in [0, 0.1) is 6.92 Å². The zero-order chi connectivity index (χ0) is 24.9. The van der Waals surface area contributed by atoms with Crippen LogP contribution >= 0.6 is 11.6 Å². The van der Waals surface area contributed by atoms with E-state index in [0.717, 1.165) is 5.69 Å². The van der Waals surface area contributed by atoms with Crippen LogP contribution in [0.4, 0.5) is 21.6 Å². The van der Waals surface area contributed by atoms with Crippen LogP contribution in [0.5, 0.6) is 5.75 Å². The summed E-state index contributed by atoms with van der Waals surface area (Å²) in [6.45, 7) is 1.32. The summed E-state index contributed by atoms with van der Waals surface area (Å²) in [6, 6.07) is 12.8. The number of anilines is 3. The molecule has 0 saturated carbocycles. The van der Waals surface area contributed by atoms with Crippen LogP contribution in [0.2, 0.25) is 5.02 Å². The van der Waals surface area contributed by atoms with Crippen molar-refractivity contribution in [2.75, 3.05) is 11.1 Å². The van der Waals surface area contributed by atoms with Gasteiger partial charge in [-0.25, -0.2) is 9.37 Å². The first-order chi connectivity index (χ1) is 16.8. The summed E-state index contributed by atoms with van der Waals surface area (Å²) in [6.07, 6.45) is 3.21. The van der Waals surface area contributed by atoms with Crippen LogP contribution in [0.1, 0.15) is 27.3 Å². The molecule has 0 aliphatic rings. The number of phenols is 1. The van der Waals surface area contributed by atoms with Gasteiger partial charge in [-0.1, -0.05) is 11.6 Å². The summed E-state index contributed by atoms with van der Waals surface area (Å²) < 4.78 is 13.4. The first-order valence-corrected chi connectivity index (χ1v) is 11.0. The number of hydrogen-bond acceptors (Lipinski definition) is 7. The monoisotopic (exact) mass is 492 g/mol. The third-order valence-corrected chi connectivity index (χ3v) is 5.43. The zero-order valence-electron chi connectivity index (χ0n) is 18.7. The number of amides is 1. The fraction of sp³-hybridized carbons (Fsp3) is 0.120. The fourth-order valence-electron chi connectivity index (χ4n) is 3.36. The normalized spacial score (nSPS) is 10.7. The van der Waals surface area contributed by atoms with Gasteiger partial charge in [0.25, 0.3) is 5.91 Å². The van der Waals surface area contributed by atoms with E-state index in [9.17, 15) is 14.3 Å². The number of hydrogen-bond donors (Lipinski definition) is 4. The third kappa shape index (κ3) is 5.64. The highest BCUT2D eigenvalue weighted by Crippen LogP contribution is 2.33. The first-order valence-electron chi connectivity index (χ1n) is 10.6. The zero-order valence-corrected chi connectivity index (χ0v) is 19.5. The van der Waals surface area contributed by atoms with Gasteiger partial charge in [-0.15, -0.1) is 0 Å². The number of carbonyl (C=O) groups excluding carboxylic acids is 1. The number of aromatic nitrogens is 3. The van der Waals surface area contributed by atoms with E-state index in [1.165, 1.54) is 12.1 Å². The van der Waals surface area contributed by atoms with E-state index in [0.29, 0.717) is 38.9 Å². The second kappa shape index (κ2) is 10.4. The van der Waals surface area contributed by atoms with Gasteiger partial charge in [-0.05, 0) is 55.5 Å². The van der Waals surface area contributed by atoms with Crippen molar-refractivity contribution in [2.45, 2.75) is 20.1 Å². The Kier molecular flexibility index (Phi) is 7.07. The molecule has 2 aromatic carbocycles. The summed E-state index contributed by atoms with van der Waals surface area (Å²) >= 11 is 5.95. The molecule has 10 heteroatoms. The molecule has 4 aromatic rings. The van der Waals surface area contributed by atoms with Crippen LogP contribution in [-0.4, -0.2) is 26.0 Å². The van der Waals surface area contributed by atoms with Crippen molar-refractivity contribution in [3.8, 4) is 17.0 Å². The molecule has 0 aliphatic carbocycles. The van der Waals surface area contributed by atoms with Gasteiger partial charge >= 0.3 is 0 Å². The Hall–Kier alpha value is -4.24. The van der Waals surface area contributed by atoms with E-state index in [1.807, 2.05) is 6.92 Å². The van der Waals surface area contributed by atoms with Gasteiger partial charge < -0.3 is 21.5 Å². The average Bonchev–Trinajstić information content (AvgIpc) is 2.85. The van der Waals surface area contributed by atoms with E-state index in [2.05, 4.69) is 25.6 Å². The smallest absolute Gasteiger partial charge is 0.255 e. The van der Waals surface area contributed by atoms with E-state index in [1.54, 1.807) is 48.8 Å². The van der Waals surface area contributed by atoms with Gasteiger partial charge in [0.1, 0.15) is 18.2 Å². The molecule has 0 fully saturated rings. The van der Waals surface area contributed by atoms with Crippen molar-refractivity contribution in [3.63, 3.8) is 0 Å². The number of nitrogens with zero attached hydrogens (tertiary/aromatic N) is 3. The Morgan fingerprint density at radius 3 is 2.66 bits per heavy atom. The minimum absolute atomic E-state index is 0.00479. The van der Waals surface area contributed by atoms with Gasteiger partial charge in [0, 0.05) is 33.7 Å². The van der Waals surface area contributed by atoms with Crippen molar-refractivity contribution in [3.05, 3.63) is 88.5 Å². The number of nitrogens with two attached hydrogens (primary N) is 1. The molecule has 0 saturated heterocycles. The lowest BCUT2D eigenvalue weighted by atomic mass is 10.1. The predicted octanol–water partition coefficient (Wildman–Crippen LogP) is 4.93. The highest BCUT2D eigenvalue weighted by atomic mass is 35.5. The molecule has 2 heterocycles. The van der Waals surface area contributed by atoms with E-state index < -0.39 is 12.6 Å². The predicted molar refractivity (Wildman–Crippen MR) is 133 cm³/mol. The first kappa shape index (κ1) is 23.9. The van der Waals surface area contributed by atoms with Crippen LogP contribution in [0.3, 0.4) is 0 Å². The van der Waals surface area contributed by atoms with Gasteiger partial charge in [0.15, 0.2) is 0 Å². The second-order valence-electron chi connectivity index (χ2n) is 7.75. The van der Waals surface area contributed by atoms with Crippen molar-refractivity contribution in [2.24, 2.45) is 0 Å². The maximum Gasteiger partial charge on any atom is 0.255 e. The maximum atomic E-state index is 13.4. The highest BCUT2D eigenvalue weighted by Gasteiger charge is 2.15. The molecule has 0 spiro atoms.